The maximum Gasteiger partial charge on any atom is 0.0625 e. The van der Waals surface area contributed by atoms with E-state index in [4.69, 9.17) is 16.9 Å². The van der Waals surface area contributed by atoms with Gasteiger partial charge < -0.3 is 0 Å². The Balaban J connectivity index is 3.00. The number of halogens is 1. The lowest BCUT2D eigenvalue weighted by atomic mass is 10.0. The monoisotopic (exact) mass is 193 g/mol. The number of hydrogen-bond acceptors (Lipinski definition) is 1. The van der Waals surface area contributed by atoms with Crippen LogP contribution in [-0.4, -0.2) is 0 Å². The summed E-state index contributed by atoms with van der Waals surface area (Å²) >= 11 is 6.02. The molecule has 2 heteroatoms. The molecule has 13 heavy (non-hydrogen) atoms. The lowest BCUT2D eigenvalue weighted by molar-refractivity contribution is 0.993. The second-order valence-corrected chi connectivity index (χ2v) is 3.60. The van der Waals surface area contributed by atoms with Crippen molar-refractivity contribution in [3.8, 4) is 6.07 Å². The number of rotatable bonds is 2. The zero-order valence-electron chi connectivity index (χ0n) is 7.89. The molecule has 0 spiro atoms. The summed E-state index contributed by atoms with van der Waals surface area (Å²) in [5, 5.41) is 9.27. The van der Waals surface area contributed by atoms with Gasteiger partial charge in [-0.25, -0.2) is 0 Å². The normalized spacial score (nSPS) is 9.69. The largest absolute Gasteiger partial charge is 0.198 e. The van der Waals surface area contributed by atoms with Crippen LogP contribution in [0.4, 0.5) is 0 Å². The highest BCUT2D eigenvalue weighted by Crippen LogP contribution is 2.22. The van der Waals surface area contributed by atoms with Gasteiger partial charge in [-0.05, 0) is 43.0 Å². The van der Waals surface area contributed by atoms with E-state index in [9.17, 15) is 0 Å². The van der Waals surface area contributed by atoms with Crippen LogP contribution in [0.1, 0.15) is 23.1 Å². The van der Waals surface area contributed by atoms with Gasteiger partial charge in [-0.2, -0.15) is 5.26 Å². The molecule has 0 aromatic heterocycles. The molecule has 1 nitrogen and oxygen atoms in total. The molecule has 0 heterocycles. The highest BCUT2D eigenvalue weighted by atomic mass is 35.5. The van der Waals surface area contributed by atoms with E-state index in [0.717, 1.165) is 22.6 Å². The van der Waals surface area contributed by atoms with Gasteiger partial charge in [0.1, 0.15) is 0 Å². The highest BCUT2D eigenvalue weighted by Gasteiger charge is 2.03. The van der Waals surface area contributed by atoms with Crippen LogP contribution in [-0.2, 0) is 6.42 Å². The van der Waals surface area contributed by atoms with E-state index >= 15 is 0 Å². The van der Waals surface area contributed by atoms with Crippen LogP contribution in [0, 0.1) is 25.2 Å². The molecule has 0 N–H and O–H groups in total. The Hall–Kier alpha value is -1.00. The molecule has 0 aliphatic carbocycles. The van der Waals surface area contributed by atoms with Crippen LogP contribution in [0.3, 0.4) is 0 Å². The Kier molecular flexibility index (Phi) is 3.33. The standard InChI is InChI=1S/C11H12ClN/c1-8-6-10(4-3-5-13)9(2)11(12)7-8/h6-7H,3-4H2,1-2H3. The predicted molar refractivity (Wildman–Crippen MR) is 54.9 cm³/mol. The van der Waals surface area contributed by atoms with Gasteiger partial charge in [0.2, 0.25) is 0 Å². The minimum Gasteiger partial charge on any atom is -0.198 e. The molecule has 68 valence electrons. The molecular formula is C11H12ClN. The zero-order valence-corrected chi connectivity index (χ0v) is 8.65. The Bertz CT molecular complexity index is 350. The van der Waals surface area contributed by atoms with Crippen molar-refractivity contribution in [2.45, 2.75) is 26.7 Å². The lowest BCUT2D eigenvalue weighted by Gasteiger charge is -2.07. The number of aryl methyl sites for hydroxylation is 2. The predicted octanol–water partition coefficient (Wildman–Crippen LogP) is 3.41. The summed E-state index contributed by atoms with van der Waals surface area (Å²) in [6.45, 7) is 4.01. The fourth-order valence-corrected chi connectivity index (χ4v) is 1.63. The first-order chi connectivity index (χ1) is 6.15. The molecule has 1 aromatic carbocycles. The van der Waals surface area contributed by atoms with Crippen LogP contribution in [0.15, 0.2) is 12.1 Å². The summed E-state index contributed by atoms with van der Waals surface area (Å²) in [5.41, 5.74) is 3.44. The summed E-state index contributed by atoms with van der Waals surface area (Å²) in [6.07, 6.45) is 1.35. The third-order valence-electron chi connectivity index (χ3n) is 2.10. The van der Waals surface area contributed by atoms with E-state index in [1.54, 1.807) is 0 Å². The van der Waals surface area contributed by atoms with E-state index in [-0.39, 0.29) is 0 Å². The molecule has 0 aliphatic rings. The molecular weight excluding hydrogens is 182 g/mol. The maximum atomic E-state index is 8.47. The fraction of sp³-hybridized carbons (Fsp3) is 0.364. The average Bonchev–Trinajstić information content (AvgIpc) is 2.09. The van der Waals surface area contributed by atoms with E-state index in [1.165, 1.54) is 5.56 Å². The quantitative estimate of drug-likeness (QED) is 0.706. The Morgan fingerprint density at radius 2 is 2.08 bits per heavy atom. The molecule has 1 aromatic rings. The summed E-state index contributed by atoms with van der Waals surface area (Å²) < 4.78 is 0. The third kappa shape index (κ3) is 2.47. The summed E-state index contributed by atoms with van der Waals surface area (Å²) in [4.78, 5) is 0. The summed E-state index contributed by atoms with van der Waals surface area (Å²) in [5.74, 6) is 0. The number of hydrogen-bond donors (Lipinski definition) is 0. The first kappa shape index (κ1) is 10.1. The summed E-state index contributed by atoms with van der Waals surface area (Å²) in [6, 6.07) is 6.19. The van der Waals surface area contributed by atoms with E-state index in [2.05, 4.69) is 12.1 Å². The van der Waals surface area contributed by atoms with Gasteiger partial charge in [-0.15, -0.1) is 0 Å². The molecule has 0 saturated heterocycles. The van der Waals surface area contributed by atoms with Crippen molar-refractivity contribution in [3.05, 3.63) is 33.8 Å². The number of benzene rings is 1. The van der Waals surface area contributed by atoms with Crippen LogP contribution < -0.4 is 0 Å². The minimum atomic E-state index is 0.556. The van der Waals surface area contributed by atoms with Crippen molar-refractivity contribution in [3.63, 3.8) is 0 Å². The molecule has 0 atom stereocenters. The molecule has 0 aliphatic heterocycles. The zero-order chi connectivity index (χ0) is 9.84. The molecule has 0 saturated carbocycles. The second-order valence-electron chi connectivity index (χ2n) is 3.19. The average molecular weight is 194 g/mol. The van der Waals surface area contributed by atoms with Gasteiger partial charge in [-0.1, -0.05) is 17.7 Å². The van der Waals surface area contributed by atoms with E-state index in [1.807, 2.05) is 19.9 Å². The van der Waals surface area contributed by atoms with Gasteiger partial charge in [0, 0.05) is 11.4 Å². The maximum absolute atomic E-state index is 8.47. The van der Waals surface area contributed by atoms with Crippen molar-refractivity contribution in [1.29, 1.82) is 5.26 Å². The van der Waals surface area contributed by atoms with Crippen molar-refractivity contribution < 1.29 is 0 Å². The van der Waals surface area contributed by atoms with Gasteiger partial charge in [0.15, 0.2) is 0 Å². The van der Waals surface area contributed by atoms with Crippen LogP contribution in [0.25, 0.3) is 0 Å². The second kappa shape index (κ2) is 4.30. The van der Waals surface area contributed by atoms with Crippen molar-refractivity contribution >= 4 is 11.6 Å². The van der Waals surface area contributed by atoms with Crippen LogP contribution >= 0.6 is 11.6 Å². The van der Waals surface area contributed by atoms with Gasteiger partial charge in [-0.3, -0.25) is 0 Å². The molecule has 0 unspecified atom stereocenters. The number of nitriles is 1. The van der Waals surface area contributed by atoms with E-state index in [0.29, 0.717) is 6.42 Å². The summed E-state index contributed by atoms with van der Waals surface area (Å²) in [7, 11) is 0. The Morgan fingerprint density at radius 3 is 2.69 bits per heavy atom. The van der Waals surface area contributed by atoms with Crippen molar-refractivity contribution in [2.24, 2.45) is 0 Å². The van der Waals surface area contributed by atoms with Gasteiger partial charge in [0.25, 0.3) is 0 Å². The molecule has 0 radical (unpaired) electrons. The molecule has 0 bridgehead atoms. The topological polar surface area (TPSA) is 23.8 Å². The first-order valence-electron chi connectivity index (χ1n) is 4.27. The van der Waals surface area contributed by atoms with Crippen molar-refractivity contribution in [2.75, 3.05) is 0 Å². The van der Waals surface area contributed by atoms with Crippen molar-refractivity contribution in [1.82, 2.24) is 0 Å². The van der Waals surface area contributed by atoms with Crippen LogP contribution in [0.2, 0.25) is 5.02 Å². The van der Waals surface area contributed by atoms with E-state index < -0.39 is 0 Å². The van der Waals surface area contributed by atoms with Crippen LogP contribution in [0.5, 0.6) is 0 Å². The smallest absolute Gasteiger partial charge is 0.0625 e. The lowest BCUT2D eigenvalue weighted by Crippen LogP contribution is -1.91. The Morgan fingerprint density at radius 1 is 1.38 bits per heavy atom. The minimum absolute atomic E-state index is 0.556. The highest BCUT2D eigenvalue weighted by molar-refractivity contribution is 6.31. The fourth-order valence-electron chi connectivity index (χ4n) is 1.34. The third-order valence-corrected chi connectivity index (χ3v) is 2.49. The van der Waals surface area contributed by atoms with Gasteiger partial charge >= 0.3 is 0 Å². The SMILES string of the molecule is Cc1cc(Cl)c(C)c(CCC#N)c1. The molecule has 0 fully saturated rings. The number of nitrogens with zero attached hydrogens (tertiary/aromatic N) is 1. The van der Waals surface area contributed by atoms with Gasteiger partial charge in [0.05, 0.1) is 6.07 Å². The molecule has 0 amide bonds. The molecule has 1 rings (SSSR count). The first-order valence-corrected chi connectivity index (χ1v) is 4.65. The Labute approximate surface area is 84.0 Å².